The molecule has 0 spiro atoms. The number of aliphatic imine (C=N–C) groups is 1. The van der Waals surface area contributed by atoms with Crippen molar-refractivity contribution < 1.29 is 4.74 Å². The van der Waals surface area contributed by atoms with Gasteiger partial charge in [-0.05, 0) is 42.3 Å². The molecule has 1 atom stereocenters. The molecule has 1 aliphatic heterocycles. The Morgan fingerprint density at radius 2 is 2.19 bits per heavy atom. The summed E-state index contributed by atoms with van der Waals surface area (Å²) in [6.45, 7) is 3.62. The summed E-state index contributed by atoms with van der Waals surface area (Å²) in [6.07, 6.45) is 2.11. The number of guanidine groups is 1. The van der Waals surface area contributed by atoms with Gasteiger partial charge in [0.05, 0.1) is 12.8 Å². The molecular formula is C19H27IN4OS. The smallest absolute Gasteiger partial charge is 0.188 e. The van der Waals surface area contributed by atoms with Crippen LogP contribution in [0.1, 0.15) is 11.3 Å². The normalized spacial score (nSPS) is 17.0. The van der Waals surface area contributed by atoms with Crippen LogP contribution in [-0.2, 0) is 6.42 Å². The topological polar surface area (TPSA) is 62.9 Å². The highest BCUT2D eigenvalue weighted by atomic mass is 127. The molecule has 5 nitrogen and oxygen atoms in total. The zero-order valence-corrected chi connectivity index (χ0v) is 18.2. The molecule has 2 heterocycles. The first kappa shape index (κ1) is 20.8. The van der Waals surface area contributed by atoms with Gasteiger partial charge in [0.2, 0.25) is 0 Å². The highest BCUT2D eigenvalue weighted by Gasteiger charge is 2.24. The highest BCUT2D eigenvalue weighted by molar-refractivity contribution is 14.0. The maximum atomic E-state index is 5.99. The average Bonchev–Trinajstić information content (AvgIpc) is 3.32. The minimum Gasteiger partial charge on any atom is -0.495 e. The van der Waals surface area contributed by atoms with E-state index in [1.54, 1.807) is 18.4 Å². The van der Waals surface area contributed by atoms with E-state index in [-0.39, 0.29) is 24.0 Å². The number of benzene rings is 1. The third-order valence-corrected chi connectivity index (χ3v) is 5.43. The van der Waals surface area contributed by atoms with Crippen LogP contribution in [0.3, 0.4) is 0 Å². The van der Waals surface area contributed by atoms with E-state index >= 15 is 0 Å². The number of hydrogen-bond acceptors (Lipinski definition) is 4. The van der Waals surface area contributed by atoms with Crippen LogP contribution in [0, 0.1) is 5.92 Å². The lowest BCUT2D eigenvalue weighted by molar-refractivity contribution is 0.414. The number of nitrogens with zero attached hydrogens (tertiary/aromatic N) is 2. The Morgan fingerprint density at radius 1 is 1.35 bits per heavy atom. The van der Waals surface area contributed by atoms with Crippen LogP contribution in [0.15, 0.2) is 46.8 Å². The van der Waals surface area contributed by atoms with Crippen molar-refractivity contribution in [3.8, 4) is 5.75 Å². The summed E-state index contributed by atoms with van der Waals surface area (Å²) < 4.78 is 5.47. The van der Waals surface area contributed by atoms with Crippen LogP contribution in [0.4, 0.5) is 5.69 Å². The minimum absolute atomic E-state index is 0. The van der Waals surface area contributed by atoms with Gasteiger partial charge in [0.15, 0.2) is 5.96 Å². The van der Waals surface area contributed by atoms with Gasteiger partial charge in [-0.1, -0.05) is 18.2 Å². The Hall–Kier alpha value is -1.48. The number of nitrogens with one attached hydrogen (secondary N) is 1. The molecule has 1 aromatic heterocycles. The van der Waals surface area contributed by atoms with Gasteiger partial charge in [-0.2, -0.15) is 0 Å². The van der Waals surface area contributed by atoms with Gasteiger partial charge < -0.3 is 20.7 Å². The summed E-state index contributed by atoms with van der Waals surface area (Å²) in [7, 11) is 1.72. The first-order valence-electron chi connectivity index (χ1n) is 8.70. The third kappa shape index (κ3) is 5.77. The standard InChI is InChI=1S/C19H26N4OS.HI/c1-24-18-7-3-2-6-17(18)23-11-9-15(14-23)13-22-19(20)21-10-8-16-5-4-12-25-16;/h2-7,12,15H,8-11,13-14H2,1H3,(H3,20,21,22);1H. The van der Waals surface area contributed by atoms with Crippen molar-refractivity contribution >= 4 is 47.0 Å². The molecule has 1 unspecified atom stereocenters. The van der Waals surface area contributed by atoms with Crippen molar-refractivity contribution in [3.63, 3.8) is 0 Å². The minimum atomic E-state index is 0. The quantitative estimate of drug-likeness (QED) is 0.358. The molecule has 26 heavy (non-hydrogen) atoms. The summed E-state index contributed by atoms with van der Waals surface area (Å²) in [4.78, 5) is 8.26. The predicted molar refractivity (Wildman–Crippen MR) is 121 cm³/mol. The SMILES string of the molecule is COc1ccccc1N1CCC(CN=C(N)NCCc2cccs2)C1.I. The zero-order valence-electron chi connectivity index (χ0n) is 15.1. The molecule has 7 heteroatoms. The van der Waals surface area contributed by atoms with E-state index in [1.807, 2.05) is 12.1 Å². The monoisotopic (exact) mass is 486 g/mol. The van der Waals surface area contributed by atoms with E-state index in [4.69, 9.17) is 10.5 Å². The third-order valence-electron chi connectivity index (χ3n) is 4.49. The van der Waals surface area contributed by atoms with Crippen LogP contribution in [0.25, 0.3) is 0 Å². The Bertz CT molecular complexity index is 693. The van der Waals surface area contributed by atoms with E-state index in [2.05, 4.69) is 44.9 Å². The van der Waals surface area contributed by atoms with Crippen LogP contribution in [-0.4, -0.2) is 39.2 Å². The van der Waals surface area contributed by atoms with Crippen molar-refractivity contribution in [1.29, 1.82) is 0 Å². The molecule has 0 saturated carbocycles. The van der Waals surface area contributed by atoms with Crippen molar-refractivity contribution in [3.05, 3.63) is 46.7 Å². The Morgan fingerprint density at radius 3 is 2.96 bits per heavy atom. The van der Waals surface area contributed by atoms with Gasteiger partial charge >= 0.3 is 0 Å². The van der Waals surface area contributed by atoms with Crippen molar-refractivity contribution in [2.75, 3.05) is 38.2 Å². The lowest BCUT2D eigenvalue weighted by Gasteiger charge is -2.21. The fourth-order valence-electron chi connectivity index (χ4n) is 3.14. The highest BCUT2D eigenvalue weighted by Crippen LogP contribution is 2.31. The largest absolute Gasteiger partial charge is 0.495 e. The molecule has 0 bridgehead atoms. The maximum absolute atomic E-state index is 5.99. The molecule has 0 aliphatic carbocycles. The molecule has 2 aromatic rings. The van der Waals surface area contributed by atoms with Gasteiger partial charge in [0.25, 0.3) is 0 Å². The Balaban J connectivity index is 0.00000243. The first-order valence-corrected chi connectivity index (χ1v) is 9.58. The molecule has 1 saturated heterocycles. The molecule has 0 radical (unpaired) electrons. The lowest BCUT2D eigenvalue weighted by Crippen LogP contribution is -2.33. The summed E-state index contributed by atoms with van der Waals surface area (Å²) >= 11 is 1.77. The van der Waals surface area contributed by atoms with Crippen LogP contribution < -0.4 is 20.7 Å². The van der Waals surface area contributed by atoms with Crippen LogP contribution >= 0.6 is 35.3 Å². The first-order chi connectivity index (χ1) is 12.3. The maximum Gasteiger partial charge on any atom is 0.188 e. The number of thiophene rings is 1. The fourth-order valence-corrected chi connectivity index (χ4v) is 3.85. The molecule has 142 valence electrons. The number of anilines is 1. The summed E-state index contributed by atoms with van der Waals surface area (Å²) in [5.41, 5.74) is 7.16. The fraction of sp³-hybridized carbons (Fsp3) is 0.421. The summed E-state index contributed by atoms with van der Waals surface area (Å²) in [5.74, 6) is 2.01. The molecule has 3 rings (SSSR count). The molecule has 1 aliphatic rings. The number of hydrogen-bond donors (Lipinski definition) is 2. The molecule has 1 fully saturated rings. The average molecular weight is 486 g/mol. The molecular weight excluding hydrogens is 459 g/mol. The van der Waals surface area contributed by atoms with Gasteiger partial charge in [0, 0.05) is 31.1 Å². The number of halogens is 1. The second-order valence-electron chi connectivity index (χ2n) is 6.25. The number of methoxy groups -OCH3 is 1. The van der Waals surface area contributed by atoms with Gasteiger partial charge in [-0.3, -0.25) is 4.99 Å². The van der Waals surface area contributed by atoms with Crippen molar-refractivity contribution in [1.82, 2.24) is 5.32 Å². The molecule has 0 amide bonds. The summed E-state index contributed by atoms with van der Waals surface area (Å²) in [5, 5.41) is 5.30. The number of ether oxygens (including phenoxy) is 1. The van der Waals surface area contributed by atoms with E-state index in [1.165, 1.54) is 10.6 Å². The van der Waals surface area contributed by atoms with Crippen LogP contribution in [0.2, 0.25) is 0 Å². The molecule has 3 N–H and O–H groups in total. The van der Waals surface area contributed by atoms with E-state index < -0.39 is 0 Å². The van der Waals surface area contributed by atoms with E-state index in [0.717, 1.165) is 44.8 Å². The Labute approximate surface area is 176 Å². The molecule has 1 aromatic carbocycles. The second kappa shape index (κ2) is 10.6. The van der Waals surface area contributed by atoms with Crippen molar-refractivity contribution in [2.45, 2.75) is 12.8 Å². The van der Waals surface area contributed by atoms with Crippen molar-refractivity contribution in [2.24, 2.45) is 16.6 Å². The zero-order chi connectivity index (χ0) is 17.5. The number of nitrogens with two attached hydrogens (primary N) is 1. The number of para-hydroxylation sites is 2. The van der Waals surface area contributed by atoms with E-state index in [0.29, 0.717) is 11.9 Å². The van der Waals surface area contributed by atoms with Gasteiger partial charge in [-0.25, -0.2) is 0 Å². The Kier molecular flexibility index (Phi) is 8.50. The van der Waals surface area contributed by atoms with Crippen LogP contribution in [0.5, 0.6) is 5.75 Å². The predicted octanol–water partition coefficient (Wildman–Crippen LogP) is 3.35. The number of rotatable bonds is 7. The lowest BCUT2D eigenvalue weighted by atomic mass is 10.1. The summed E-state index contributed by atoms with van der Waals surface area (Å²) in [6, 6.07) is 12.4. The van der Waals surface area contributed by atoms with Gasteiger partial charge in [0.1, 0.15) is 5.75 Å². The van der Waals surface area contributed by atoms with Gasteiger partial charge in [-0.15, -0.1) is 35.3 Å². The van der Waals surface area contributed by atoms with E-state index in [9.17, 15) is 0 Å². The second-order valence-corrected chi connectivity index (χ2v) is 7.29.